The van der Waals surface area contributed by atoms with Gasteiger partial charge in [-0.05, 0) is 13.0 Å². The molecule has 0 amide bonds. The minimum absolute atomic E-state index is 0.449. The highest BCUT2D eigenvalue weighted by molar-refractivity contribution is 8.00. The molecule has 1 fully saturated rings. The Labute approximate surface area is 119 Å². The zero-order chi connectivity index (χ0) is 13.3. The fourth-order valence-corrected chi connectivity index (χ4v) is 4.05. The summed E-state index contributed by atoms with van der Waals surface area (Å²) in [4.78, 5) is 10.3. The Morgan fingerprint density at radius 1 is 1.47 bits per heavy atom. The molecule has 19 heavy (non-hydrogen) atoms. The first-order valence-electron chi connectivity index (χ1n) is 7.23. The van der Waals surface area contributed by atoms with Gasteiger partial charge in [-0.15, -0.1) is 0 Å². The Morgan fingerprint density at radius 3 is 3.26 bits per heavy atom. The van der Waals surface area contributed by atoms with Crippen LogP contribution in [0.25, 0.3) is 0 Å². The molecule has 2 N–H and O–H groups in total. The third-order valence-corrected chi connectivity index (χ3v) is 5.60. The quantitative estimate of drug-likeness (QED) is 0.864. The standard InChI is InChI=1S/C14H24N4S/c1-14(2)3-4-18(5-6-19-14)9-11-7-12-13(8-15-11)17-10-16-12/h10-11,15H,3-9H2,1-2H3,(H,16,17). The molecule has 1 aromatic rings. The molecule has 1 aromatic heterocycles. The maximum atomic E-state index is 4.42. The number of aromatic nitrogens is 2. The van der Waals surface area contributed by atoms with E-state index in [0.717, 1.165) is 19.5 Å². The average molecular weight is 280 g/mol. The minimum Gasteiger partial charge on any atom is -0.347 e. The van der Waals surface area contributed by atoms with Gasteiger partial charge in [0.05, 0.1) is 17.7 Å². The van der Waals surface area contributed by atoms with Crippen molar-refractivity contribution >= 4 is 11.8 Å². The van der Waals surface area contributed by atoms with Crippen LogP contribution < -0.4 is 5.32 Å². The van der Waals surface area contributed by atoms with Crippen molar-refractivity contribution in [1.82, 2.24) is 20.2 Å². The van der Waals surface area contributed by atoms with Crippen LogP contribution in [-0.4, -0.2) is 51.0 Å². The maximum Gasteiger partial charge on any atom is 0.0925 e. The Kier molecular flexibility index (Phi) is 3.87. The highest BCUT2D eigenvalue weighted by Crippen LogP contribution is 2.30. The van der Waals surface area contributed by atoms with Gasteiger partial charge in [0.2, 0.25) is 0 Å². The van der Waals surface area contributed by atoms with Crippen LogP contribution in [0, 0.1) is 0 Å². The van der Waals surface area contributed by atoms with Gasteiger partial charge in [-0.1, -0.05) is 13.8 Å². The van der Waals surface area contributed by atoms with Gasteiger partial charge in [0.1, 0.15) is 0 Å². The number of thioether (sulfide) groups is 1. The Morgan fingerprint density at radius 2 is 2.37 bits per heavy atom. The molecule has 0 saturated carbocycles. The number of H-pyrrole nitrogens is 1. The van der Waals surface area contributed by atoms with E-state index >= 15 is 0 Å². The molecular formula is C14H24N4S. The average Bonchev–Trinajstić information content (AvgIpc) is 2.76. The van der Waals surface area contributed by atoms with Crippen molar-refractivity contribution in [2.75, 3.05) is 25.4 Å². The van der Waals surface area contributed by atoms with Crippen LogP contribution in [0.2, 0.25) is 0 Å². The second kappa shape index (κ2) is 5.46. The number of imidazole rings is 1. The molecule has 1 unspecified atom stereocenters. The lowest BCUT2D eigenvalue weighted by atomic mass is 10.0. The Balaban J connectivity index is 1.55. The number of nitrogens with zero attached hydrogens (tertiary/aromatic N) is 2. The highest BCUT2D eigenvalue weighted by Gasteiger charge is 2.26. The van der Waals surface area contributed by atoms with Crippen molar-refractivity contribution < 1.29 is 0 Å². The van der Waals surface area contributed by atoms with Gasteiger partial charge >= 0.3 is 0 Å². The number of aromatic amines is 1. The van der Waals surface area contributed by atoms with Crippen molar-refractivity contribution in [1.29, 1.82) is 0 Å². The molecule has 0 spiro atoms. The van der Waals surface area contributed by atoms with Gasteiger partial charge in [0.15, 0.2) is 0 Å². The summed E-state index contributed by atoms with van der Waals surface area (Å²) in [7, 11) is 0. The summed E-state index contributed by atoms with van der Waals surface area (Å²) in [5, 5.41) is 3.63. The second-order valence-electron chi connectivity index (χ2n) is 6.27. The van der Waals surface area contributed by atoms with Gasteiger partial charge in [-0.25, -0.2) is 4.98 Å². The third kappa shape index (κ3) is 3.33. The lowest BCUT2D eigenvalue weighted by Crippen LogP contribution is -2.45. The molecule has 0 bridgehead atoms. The first-order valence-corrected chi connectivity index (χ1v) is 8.22. The minimum atomic E-state index is 0.449. The largest absolute Gasteiger partial charge is 0.347 e. The van der Waals surface area contributed by atoms with E-state index in [9.17, 15) is 0 Å². The fourth-order valence-electron chi connectivity index (χ4n) is 2.92. The van der Waals surface area contributed by atoms with E-state index in [1.165, 1.54) is 36.7 Å². The summed E-state index contributed by atoms with van der Waals surface area (Å²) in [6.45, 7) is 9.29. The van der Waals surface area contributed by atoms with Crippen molar-refractivity contribution in [3.63, 3.8) is 0 Å². The van der Waals surface area contributed by atoms with Gasteiger partial charge in [-0.2, -0.15) is 11.8 Å². The van der Waals surface area contributed by atoms with Crippen LogP contribution >= 0.6 is 11.8 Å². The van der Waals surface area contributed by atoms with Crippen LogP contribution in [0.3, 0.4) is 0 Å². The zero-order valence-electron chi connectivity index (χ0n) is 11.9. The molecule has 0 radical (unpaired) electrons. The fraction of sp³-hybridized carbons (Fsp3) is 0.786. The monoisotopic (exact) mass is 280 g/mol. The summed E-state index contributed by atoms with van der Waals surface area (Å²) in [6, 6.07) is 0.557. The number of hydrogen-bond donors (Lipinski definition) is 2. The van der Waals surface area contributed by atoms with Gasteiger partial charge in [0.25, 0.3) is 0 Å². The summed E-state index contributed by atoms with van der Waals surface area (Å²) in [5.41, 5.74) is 2.53. The van der Waals surface area contributed by atoms with Crippen LogP contribution in [0.1, 0.15) is 31.7 Å². The summed E-state index contributed by atoms with van der Waals surface area (Å²) < 4.78 is 0.449. The van der Waals surface area contributed by atoms with Crippen LogP contribution in [0.4, 0.5) is 0 Å². The molecule has 2 aliphatic rings. The normalized spacial score (nSPS) is 27.8. The van der Waals surface area contributed by atoms with E-state index in [1.54, 1.807) is 0 Å². The molecule has 0 aromatic carbocycles. The van der Waals surface area contributed by atoms with Gasteiger partial charge in [-0.3, -0.25) is 0 Å². The SMILES string of the molecule is CC1(C)CCN(CC2Cc3nc[nH]c3CN2)CCS1. The van der Waals surface area contributed by atoms with Gasteiger partial charge < -0.3 is 15.2 Å². The maximum absolute atomic E-state index is 4.42. The molecule has 2 aliphatic heterocycles. The molecule has 3 rings (SSSR count). The smallest absolute Gasteiger partial charge is 0.0925 e. The van der Waals surface area contributed by atoms with Crippen molar-refractivity contribution in [3.8, 4) is 0 Å². The summed E-state index contributed by atoms with van der Waals surface area (Å²) in [5.74, 6) is 1.26. The molecule has 4 nitrogen and oxygen atoms in total. The highest BCUT2D eigenvalue weighted by atomic mass is 32.2. The topological polar surface area (TPSA) is 44.0 Å². The van der Waals surface area contributed by atoms with Crippen molar-refractivity contribution in [3.05, 3.63) is 17.7 Å². The molecule has 106 valence electrons. The first-order chi connectivity index (χ1) is 9.12. The number of fused-ring (bicyclic) bond motifs is 1. The Hall–Kier alpha value is -0.520. The predicted octanol–water partition coefficient (Wildman–Crippen LogP) is 1.64. The van der Waals surface area contributed by atoms with E-state index in [0.29, 0.717) is 10.8 Å². The number of hydrogen-bond acceptors (Lipinski definition) is 4. The third-order valence-electron chi connectivity index (χ3n) is 4.22. The summed E-state index contributed by atoms with van der Waals surface area (Å²) >= 11 is 2.12. The molecule has 5 heteroatoms. The molecule has 1 saturated heterocycles. The number of nitrogens with one attached hydrogen (secondary N) is 2. The summed E-state index contributed by atoms with van der Waals surface area (Å²) in [6.07, 6.45) is 4.17. The van der Waals surface area contributed by atoms with Crippen LogP contribution in [0.5, 0.6) is 0 Å². The van der Waals surface area contributed by atoms with Crippen molar-refractivity contribution in [2.45, 2.75) is 44.0 Å². The Bertz CT molecular complexity index is 429. The van der Waals surface area contributed by atoms with Crippen LogP contribution in [0.15, 0.2) is 6.33 Å². The van der Waals surface area contributed by atoms with E-state index in [2.05, 4.69) is 45.8 Å². The number of rotatable bonds is 2. The molecule has 3 heterocycles. The first kappa shape index (κ1) is 13.5. The second-order valence-corrected chi connectivity index (χ2v) is 8.07. The van der Waals surface area contributed by atoms with E-state index in [1.807, 2.05) is 6.33 Å². The molecular weight excluding hydrogens is 256 g/mol. The lowest BCUT2D eigenvalue weighted by molar-refractivity contribution is 0.243. The zero-order valence-corrected chi connectivity index (χ0v) is 12.7. The molecule has 1 atom stereocenters. The van der Waals surface area contributed by atoms with Crippen molar-refractivity contribution in [2.24, 2.45) is 0 Å². The lowest BCUT2D eigenvalue weighted by Gasteiger charge is -2.29. The van der Waals surface area contributed by atoms with E-state index in [-0.39, 0.29) is 0 Å². The predicted molar refractivity (Wildman–Crippen MR) is 80.5 cm³/mol. The molecule has 0 aliphatic carbocycles. The van der Waals surface area contributed by atoms with Gasteiger partial charge in [0, 0.05) is 42.6 Å². The van der Waals surface area contributed by atoms with Crippen LogP contribution in [-0.2, 0) is 13.0 Å². The van der Waals surface area contributed by atoms with E-state index < -0.39 is 0 Å². The van der Waals surface area contributed by atoms with E-state index in [4.69, 9.17) is 0 Å².